The van der Waals surface area contributed by atoms with Crippen molar-refractivity contribution < 1.29 is 56.5 Å². The minimum Gasteiger partial charge on any atom is -0.477 e. The van der Waals surface area contributed by atoms with E-state index in [2.05, 4.69) is 20.4 Å². The van der Waals surface area contributed by atoms with Crippen LogP contribution in [0, 0.1) is 46.8 Å². The van der Waals surface area contributed by atoms with E-state index in [-0.39, 0.29) is 91.8 Å². The lowest BCUT2D eigenvalue weighted by molar-refractivity contribution is 0.0684. The fourth-order valence-corrected chi connectivity index (χ4v) is 11.1. The van der Waals surface area contributed by atoms with Crippen molar-refractivity contribution in [2.45, 2.75) is 43.8 Å². The van der Waals surface area contributed by atoms with Gasteiger partial charge in [0.15, 0.2) is 28.9 Å². The molecule has 0 bridgehead atoms. The Labute approximate surface area is 460 Å². The SMILES string of the molecule is CO/N=C1\CN(c2nc3c(cc2F)c(=O)c(C(=O)O)cn3C2CC2)CC1CN.N[C@@H]1[C@H]2CN(c3nc4c(cc3F)c(=O)c(C(=O)O)cn4-c3ccc(F)cc3F)C[C@@H]12.O=C(O)c1cn(C2CC2)c2cc(N3CCNCC3)c(F)cc2c1=O. The lowest BCUT2D eigenvalue weighted by Gasteiger charge is -2.30. The van der Waals surface area contributed by atoms with Gasteiger partial charge in [0.1, 0.15) is 46.9 Å². The third-order valence-electron chi connectivity index (χ3n) is 15.8. The monoisotopic (exact) mass is 1140 g/mol. The molecule has 3 saturated heterocycles. The van der Waals surface area contributed by atoms with E-state index in [0.717, 1.165) is 73.8 Å². The summed E-state index contributed by atoms with van der Waals surface area (Å²) in [5.74, 6) is -7.48. The minimum atomic E-state index is -1.56. The molecule has 2 aromatic carbocycles. The molecule has 8 N–H and O–H groups in total. The molecule has 82 heavy (non-hydrogen) atoms. The first-order valence-electron chi connectivity index (χ1n) is 26.3. The van der Waals surface area contributed by atoms with Crippen LogP contribution in [0.4, 0.5) is 39.3 Å². The van der Waals surface area contributed by atoms with Crippen LogP contribution < -0.4 is 47.8 Å². The number of nitrogens with two attached hydrogens (primary N) is 2. The Morgan fingerprint density at radius 1 is 0.659 bits per heavy atom. The maximum Gasteiger partial charge on any atom is 0.341 e. The minimum absolute atomic E-state index is 0.0272. The Kier molecular flexibility index (Phi) is 14.5. The van der Waals surface area contributed by atoms with Gasteiger partial charge in [-0.2, -0.15) is 0 Å². The number of piperidine rings is 1. The van der Waals surface area contributed by atoms with Crippen LogP contribution in [0.2, 0.25) is 0 Å². The molecule has 1 unspecified atom stereocenters. The molecule has 3 aliphatic carbocycles. The van der Waals surface area contributed by atoms with Crippen molar-refractivity contribution in [3.05, 3.63) is 138 Å². The summed E-state index contributed by atoms with van der Waals surface area (Å²) < 4.78 is 76.7. The summed E-state index contributed by atoms with van der Waals surface area (Å²) in [6.45, 7) is 5.04. The molecule has 3 saturated carbocycles. The van der Waals surface area contributed by atoms with Crippen molar-refractivity contribution in [2.75, 3.05) is 80.7 Å². The van der Waals surface area contributed by atoms with Crippen molar-refractivity contribution >= 4 is 73.9 Å². The zero-order valence-corrected chi connectivity index (χ0v) is 43.7. The molecular formula is C55H53F5N12O10. The van der Waals surface area contributed by atoms with Crippen LogP contribution >= 0.6 is 0 Å². The molecule has 6 aliphatic rings. The maximum absolute atomic E-state index is 14.9. The van der Waals surface area contributed by atoms with E-state index in [0.29, 0.717) is 68.8 Å². The summed E-state index contributed by atoms with van der Waals surface area (Å²) >= 11 is 0. The van der Waals surface area contributed by atoms with Crippen LogP contribution in [0.15, 0.2) is 80.6 Å². The van der Waals surface area contributed by atoms with E-state index in [1.807, 2.05) is 9.47 Å². The fraction of sp³-hybridized carbons (Fsp3) is 0.364. The predicted octanol–water partition coefficient (Wildman–Crippen LogP) is 4.44. The zero-order chi connectivity index (χ0) is 58.2. The van der Waals surface area contributed by atoms with Crippen LogP contribution in [-0.4, -0.2) is 135 Å². The highest BCUT2D eigenvalue weighted by molar-refractivity contribution is 5.96. The number of aromatic nitrogens is 5. The maximum atomic E-state index is 14.9. The van der Waals surface area contributed by atoms with Crippen molar-refractivity contribution in [1.82, 2.24) is 29.0 Å². The van der Waals surface area contributed by atoms with Crippen LogP contribution in [0.5, 0.6) is 0 Å². The number of benzene rings is 2. The normalized spacial score (nSPS) is 20.6. The zero-order valence-electron chi connectivity index (χ0n) is 43.7. The van der Waals surface area contributed by atoms with Gasteiger partial charge in [-0.1, -0.05) is 5.16 Å². The summed E-state index contributed by atoms with van der Waals surface area (Å²) in [7, 11) is 1.44. The van der Waals surface area contributed by atoms with Crippen LogP contribution in [0.25, 0.3) is 38.7 Å². The number of carboxylic acid groups (broad SMARTS) is 3. The van der Waals surface area contributed by atoms with E-state index in [1.54, 1.807) is 20.4 Å². The number of piperazine rings is 1. The number of fused-ring (bicyclic) bond motifs is 4. The average molecular weight is 1140 g/mol. The molecule has 0 amide bonds. The molecule has 428 valence electrons. The van der Waals surface area contributed by atoms with Gasteiger partial charge in [0.2, 0.25) is 16.3 Å². The first-order chi connectivity index (χ1) is 39.3. The first kappa shape index (κ1) is 55.1. The lowest BCUT2D eigenvalue weighted by Crippen LogP contribution is -2.43. The second-order valence-electron chi connectivity index (χ2n) is 21.0. The molecular weight excluding hydrogens is 1080 g/mol. The molecule has 7 aromatic rings. The van der Waals surface area contributed by atoms with Crippen LogP contribution in [-0.2, 0) is 4.84 Å². The number of rotatable bonds is 11. The van der Waals surface area contributed by atoms with E-state index >= 15 is 0 Å². The quantitative estimate of drug-likeness (QED) is 0.0770. The third kappa shape index (κ3) is 10.2. The summed E-state index contributed by atoms with van der Waals surface area (Å²) in [6.07, 6.45) is 7.22. The van der Waals surface area contributed by atoms with E-state index < -0.39 is 68.8 Å². The van der Waals surface area contributed by atoms with Crippen molar-refractivity contribution in [1.29, 1.82) is 0 Å². The number of pyridine rings is 5. The van der Waals surface area contributed by atoms with Gasteiger partial charge >= 0.3 is 17.9 Å². The van der Waals surface area contributed by atoms with Crippen molar-refractivity contribution in [3.63, 3.8) is 0 Å². The number of hydrogen-bond acceptors (Lipinski definition) is 16. The second-order valence-corrected chi connectivity index (χ2v) is 21.0. The number of anilines is 3. The predicted molar refractivity (Wildman–Crippen MR) is 290 cm³/mol. The summed E-state index contributed by atoms with van der Waals surface area (Å²) in [5.41, 5.74) is 9.75. The van der Waals surface area contributed by atoms with Gasteiger partial charge in [0.25, 0.3) is 0 Å². The van der Waals surface area contributed by atoms with Gasteiger partial charge in [-0.05, 0) is 73.9 Å². The number of oxime groups is 1. The molecule has 5 aromatic heterocycles. The van der Waals surface area contributed by atoms with E-state index in [1.165, 1.54) is 25.6 Å². The largest absolute Gasteiger partial charge is 0.477 e. The fourth-order valence-electron chi connectivity index (χ4n) is 11.1. The second kappa shape index (κ2) is 21.6. The number of carboxylic acids is 3. The van der Waals surface area contributed by atoms with Gasteiger partial charge in [0, 0.05) is 106 Å². The molecule has 13 rings (SSSR count). The number of carbonyl (C=O) groups is 3. The number of hydrogen-bond donors (Lipinski definition) is 6. The molecule has 3 aliphatic heterocycles. The molecule has 8 heterocycles. The number of nitrogens with zero attached hydrogens (tertiary/aromatic N) is 9. The Hall–Kier alpha value is -8.82. The highest BCUT2D eigenvalue weighted by Crippen LogP contribution is 2.46. The lowest BCUT2D eigenvalue weighted by atomic mass is 10.1. The summed E-state index contributed by atoms with van der Waals surface area (Å²) in [5, 5.41) is 34.9. The number of nitrogens with one attached hydrogen (secondary N) is 1. The first-order valence-corrected chi connectivity index (χ1v) is 26.3. The smallest absolute Gasteiger partial charge is 0.341 e. The van der Waals surface area contributed by atoms with Crippen molar-refractivity contribution in [2.24, 2.45) is 34.4 Å². The number of aromatic carboxylic acids is 3. The van der Waals surface area contributed by atoms with Crippen LogP contribution in [0.1, 0.15) is 68.8 Å². The Bertz CT molecular complexity index is 4020. The highest BCUT2D eigenvalue weighted by Gasteiger charge is 2.54. The number of halogens is 5. The van der Waals surface area contributed by atoms with Gasteiger partial charge in [-0.3, -0.25) is 19.0 Å². The highest BCUT2D eigenvalue weighted by atomic mass is 19.1. The van der Waals surface area contributed by atoms with Crippen molar-refractivity contribution in [3.8, 4) is 5.69 Å². The standard InChI is InChI=1S/C20H15F3N4O3.C18H20FN5O4.C17H18FN3O3/c21-8-1-2-15(13(22)3-8)27-7-12(20(29)30)17(28)9-4-14(23)19(25-18(9)27)26-5-10-11(6-26)16(10)24;1-28-22-14-8-23(6-9(14)5-20)17-13(19)4-11-15(25)12(18(26)27)7-24(10-2-3-10)16(11)21-17;18-13-7-11-14(8-15(13)20-5-3-19-4-6-20)21(10-1-2-10)9-12(16(11)22)17(23)24/h1-4,7,10-11,16H,5-6,24H2,(H,29,30);4,7,9-10H,2-3,5-6,8,20H2,1H3,(H,26,27);7-10,19H,1-6H2,(H,23,24)/b;22-14+;/t10-,11+,16+;;. The topological polar surface area (TPSA) is 299 Å². The molecule has 22 nitrogen and oxygen atoms in total. The van der Waals surface area contributed by atoms with E-state index in [9.17, 15) is 66.0 Å². The van der Waals surface area contributed by atoms with Gasteiger partial charge in [0.05, 0.1) is 39.9 Å². The van der Waals surface area contributed by atoms with Crippen LogP contribution in [0.3, 0.4) is 0 Å². The molecule has 27 heteroatoms. The average Bonchev–Trinajstić information content (AvgIpc) is 4.61. The van der Waals surface area contributed by atoms with Gasteiger partial charge in [-0.25, -0.2) is 46.3 Å². The summed E-state index contributed by atoms with van der Waals surface area (Å²) in [4.78, 5) is 90.7. The molecule has 4 atom stereocenters. The molecule has 0 spiro atoms. The van der Waals surface area contributed by atoms with E-state index in [4.69, 9.17) is 16.3 Å². The summed E-state index contributed by atoms with van der Waals surface area (Å²) in [6, 6.07) is 7.91. The Morgan fingerprint density at radius 2 is 1.18 bits per heavy atom. The van der Waals surface area contributed by atoms with Gasteiger partial charge in [-0.15, -0.1) is 0 Å². The Morgan fingerprint density at radius 3 is 1.76 bits per heavy atom. The third-order valence-corrected chi connectivity index (χ3v) is 15.8. The molecule has 6 fully saturated rings. The van der Waals surface area contributed by atoms with Gasteiger partial charge < -0.3 is 60.8 Å². The Balaban J connectivity index is 0.000000130. The molecule has 0 radical (unpaired) electrons.